The van der Waals surface area contributed by atoms with Gasteiger partial charge in [0.2, 0.25) is 5.91 Å². The molecule has 1 N–H and O–H groups in total. The number of benzene rings is 1. The number of halogens is 2. The first-order chi connectivity index (χ1) is 9.43. The van der Waals surface area contributed by atoms with Gasteiger partial charge in [0.05, 0.1) is 17.9 Å². The van der Waals surface area contributed by atoms with E-state index in [9.17, 15) is 14.0 Å². The van der Waals surface area contributed by atoms with Gasteiger partial charge in [-0.2, -0.15) is 0 Å². The molecule has 0 heterocycles. The van der Waals surface area contributed by atoms with E-state index < -0.39 is 11.9 Å². The molecule has 2 atom stereocenters. The molecule has 6 heteroatoms. The molecule has 0 aromatic heterocycles. The molecule has 1 amide bonds. The molecule has 110 valence electrons. The quantitative estimate of drug-likeness (QED) is 0.634. The van der Waals surface area contributed by atoms with E-state index in [-0.39, 0.29) is 23.1 Å². The van der Waals surface area contributed by atoms with E-state index in [0.717, 1.165) is 5.56 Å². The van der Waals surface area contributed by atoms with E-state index >= 15 is 0 Å². The number of rotatable bonds is 6. The molecule has 0 saturated carbocycles. The van der Waals surface area contributed by atoms with Crippen LogP contribution in [0.3, 0.4) is 0 Å². The topological polar surface area (TPSA) is 55.4 Å². The Kier molecular flexibility index (Phi) is 6.64. The predicted octanol–water partition coefficient (Wildman–Crippen LogP) is 2.06. The SMILES string of the molecule is COC(=O)[C@H](CNC(=O)[C@H](C)Br)Cc1ccc(F)cc1. The molecule has 0 aliphatic heterocycles. The van der Waals surface area contributed by atoms with Gasteiger partial charge in [0.15, 0.2) is 0 Å². The third-order valence-electron chi connectivity index (χ3n) is 2.81. The average Bonchev–Trinajstić information content (AvgIpc) is 2.44. The second kappa shape index (κ2) is 7.99. The number of amides is 1. The van der Waals surface area contributed by atoms with Crippen LogP contribution in [0.15, 0.2) is 24.3 Å². The summed E-state index contributed by atoms with van der Waals surface area (Å²) in [6.45, 7) is 1.88. The van der Waals surface area contributed by atoms with Crippen molar-refractivity contribution in [2.75, 3.05) is 13.7 Å². The molecule has 4 nitrogen and oxygen atoms in total. The van der Waals surface area contributed by atoms with Crippen molar-refractivity contribution < 1.29 is 18.7 Å². The smallest absolute Gasteiger partial charge is 0.310 e. The summed E-state index contributed by atoms with van der Waals surface area (Å²) in [6.07, 6.45) is 0.379. The zero-order chi connectivity index (χ0) is 15.1. The number of carbonyl (C=O) groups excluding carboxylic acids is 2. The number of carbonyl (C=O) groups is 2. The van der Waals surface area contributed by atoms with Crippen LogP contribution in [0, 0.1) is 11.7 Å². The Morgan fingerprint density at radius 2 is 1.95 bits per heavy atom. The lowest BCUT2D eigenvalue weighted by atomic mass is 9.99. The fourth-order valence-corrected chi connectivity index (χ4v) is 1.84. The highest BCUT2D eigenvalue weighted by atomic mass is 79.9. The normalized spacial score (nSPS) is 13.4. The first-order valence-corrected chi connectivity index (χ1v) is 7.09. The molecule has 0 aliphatic carbocycles. The van der Waals surface area contributed by atoms with Crippen LogP contribution in [0.5, 0.6) is 0 Å². The van der Waals surface area contributed by atoms with Crippen LogP contribution in [0.1, 0.15) is 12.5 Å². The number of alkyl halides is 1. The molecule has 0 fully saturated rings. The van der Waals surface area contributed by atoms with Crippen LogP contribution >= 0.6 is 15.9 Å². The molecule has 1 rings (SSSR count). The van der Waals surface area contributed by atoms with Crippen LogP contribution in [0.4, 0.5) is 4.39 Å². The summed E-state index contributed by atoms with van der Waals surface area (Å²) in [6, 6.07) is 5.89. The van der Waals surface area contributed by atoms with Crippen molar-refractivity contribution in [3.63, 3.8) is 0 Å². The Labute approximate surface area is 125 Å². The minimum Gasteiger partial charge on any atom is -0.469 e. The summed E-state index contributed by atoms with van der Waals surface area (Å²) in [5.41, 5.74) is 0.808. The van der Waals surface area contributed by atoms with E-state index in [1.54, 1.807) is 19.1 Å². The average molecular weight is 346 g/mol. The monoisotopic (exact) mass is 345 g/mol. The number of hydrogen-bond donors (Lipinski definition) is 1. The van der Waals surface area contributed by atoms with Crippen molar-refractivity contribution >= 4 is 27.8 Å². The van der Waals surface area contributed by atoms with Gasteiger partial charge in [0.1, 0.15) is 5.82 Å². The number of nitrogens with one attached hydrogen (secondary N) is 1. The van der Waals surface area contributed by atoms with Crippen LogP contribution in [-0.2, 0) is 20.7 Å². The van der Waals surface area contributed by atoms with E-state index in [1.807, 2.05) is 0 Å². The molecule has 1 aromatic carbocycles. The molecule has 0 aliphatic rings. The van der Waals surface area contributed by atoms with Crippen LogP contribution < -0.4 is 5.32 Å². The molecular weight excluding hydrogens is 329 g/mol. The van der Waals surface area contributed by atoms with E-state index in [2.05, 4.69) is 21.2 Å². The van der Waals surface area contributed by atoms with E-state index in [1.165, 1.54) is 19.2 Å². The molecular formula is C14H17BrFNO3. The minimum absolute atomic E-state index is 0.179. The fraction of sp³-hybridized carbons (Fsp3) is 0.429. The van der Waals surface area contributed by atoms with E-state index in [0.29, 0.717) is 6.42 Å². The number of esters is 1. The molecule has 0 radical (unpaired) electrons. The molecule has 1 aromatic rings. The second-order valence-corrected chi connectivity index (χ2v) is 5.79. The Morgan fingerprint density at radius 3 is 2.45 bits per heavy atom. The van der Waals surface area contributed by atoms with Gasteiger partial charge in [-0.3, -0.25) is 9.59 Å². The summed E-state index contributed by atoms with van der Waals surface area (Å²) >= 11 is 3.15. The van der Waals surface area contributed by atoms with Crippen molar-refractivity contribution in [1.82, 2.24) is 5.32 Å². The maximum Gasteiger partial charge on any atom is 0.310 e. The van der Waals surface area contributed by atoms with Crippen molar-refractivity contribution in [2.45, 2.75) is 18.2 Å². The van der Waals surface area contributed by atoms with Crippen LogP contribution in [0.25, 0.3) is 0 Å². The fourth-order valence-electron chi connectivity index (χ4n) is 1.67. The highest BCUT2D eigenvalue weighted by molar-refractivity contribution is 9.10. The second-order valence-electron chi connectivity index (χ2n) is 4.41. The van der Waals surface area contributed by atoms with Gasteiger partial charge < -0.3 is 10.1 Å². The standard InChI is InChI=1S/C14H17BrFNO3/c1-9(15)13(18)17-8-11(14(19)20-2)7-10-3-5-12(16)6-4-10/h3-6,9,11H,7-8H2,1-2H3,(H,17,18)/t9-,11-/m0/s1. The van der Waals surface area contributed by atoms with Gasteiger partial charge in [-0.15, -0.1) is 0 Å². The van der Waals surface area contributed by atoms with Crippen molar-refractivity contribution in [1.29, 1.82) is 0 Å². The largest absolute Gasteiger partial charge is 0.469 e. The van der Waals surface area contributed by atoms with Gasteiger partial charge >= 0.3 is 5.97 Å². The van der Waals surface area contributed by atoms with Gasteiger partial charge in [0, 0.05) is 6.54 Å². The maximum absolute atomic E-state index is 12.8. The molecule has 0 bridgehead atoms. The molecule has 0 spiro atoms. The summed E-state index contributed by atoms with van der Waals surface area (Å²) in [5, 5.41) is 2.67. The Hall–Kier alpha value is -1.43. The predicted molar refractivity (Wildman–Crippen MR) is 77.0 cm³/mol. The third-order valence-corrected chi connectivity index (χ3v) is 3.23. The minimum atomic E-state index is -0.499. The van der Waals surface area contributed by atoms with Gasteiger partial charge in [0.25, 0.3) is 0 Å². The van der Waals surface area contributed by atoms with Crippen molar-refractivity contribution in [3.05, 3.63) is 35.6 Å². The zero-order valence-electron chi connectivity index (χ0n) is 11.4. The number of hydrogen-bond acceptors (Lipinski definition) is 3. The number of ether oxygens (including phenoxy) is 1. The molecule has 0 saturated heterocycles. The molecule has 20 heavy (non-hydrogen) atoms. The lowest BCUT2D eigenvalue weighted by molar-refractivity contribution is -0.145. The summed E-state index contributed by atoms with van der Waals surface area (Å²) in [5.74, 6) is -1.43. The van der Waals surface area contributed by atoms with Crippen molar-refractivity contribution in [2.24, 2.45) is 5.92 Å². The van der Waals surface area contributed by atoms with Crippen molar-refractivity contribution in [3.8, 4) is 0 Å². The van der Waals surface area contributed by atoms with Gasteiger partial charge in [-0.25, -0.2) is 4.39 Å². The summed E-state index contributed by atoms with van der Waals surface area (Å²) in [4.78, 5) is 22.9. The Balaban J connectivity index is 2.67. The highest BCUT2D eigenvalue weighted by Crippen LogP contribution is 2.11. The Bertz CT molecular complexity index is 462. The van der Waals surface area contributed by atoms with E-state index in [4.69, 9.17) is 4.74 Å². The lowest BCUT2D eigenvalue weighted by Crippen LogP contribution is -2.37. The molecule has 0 unspecified atom stereocenters. The Morgan fingerprint density at radius 1 is 1.35 bits per heavy atom. The van der Waals surface area contributed by atoms with Gasteiger partial charge in [-0.05, 0) is 31.0 Å². The van der Waals surface area contributed by atoms with Gasteiger partial charge in [-0.1, -0.05) is 28.1 Å². The number of methoxy groups -OCH3 is 1. The summed E-state index contributed by atoms with van der Waals surface area (Å²) in [7, 11) is 1.30. The highest BCUT2D eigenvalue weighted by Gasteiger charge is 2.21. The first-order valence-electron chi connectivity index (χ1n) is 6.18. The maximum atomic E-state index is 12.8. The van der Waals surface area contributed by atoms with Crippen LogP contribution in [-0.4, -0.2) is 30.4 Å². The summed E-state index contributed by atoms with van der Waals surface area (Å²) < 4.78 is 17.6. The van der Waals surface area contributed by atoms with Crippen LogP contribution in [0.2, 0.25) is 0 Å². The zero-order valence-corrected chi connectivity index (χ0v) is 12.9. The first kappa shape index (κ1) is 16.6. The third kappa shape index (κ3) is 5.28. The lowest BCUT2D eigenvalue weighted by Gasteiger charge is -2.16.